The number of benzene rings is 1. The van der Waals surface area contributed by atoms with Gasteiger partial charge in [0.15, 0.2) is 0 Å². The van der Waals surface area contributed by atoms with Gasteiger partial charge in [0.2, 0.25) is 10.0 Å². The van der Waals surface area contributed by atoms with Crippen LogP contribution in [-0.2, 0) is 16.6 Å². The van der Waals surface area contributed by atoms with Gasteiger partial charge in [-0.1, -0.05) is 12.1 Å². The molecule has 1 unspecified atom stereocenters. The number of hydrogen-bond donors (Lipinski definition) is 1. The maximum absolute atomic E-state index is 12.4. The summed E-state index contributed by atoms with van der Waals surface area (Å²) in [6, 6.07) is 7.75. The summed E-state index contributed by atoms with van der Waals surface area (Å²) < 4.78 is 26.1. The predicted molar refractivity (Wildman–Crippen MR) is 89.1 cm³/mol. The highest BCUT2D eigenvalue weighted by molar-refractivity contribution is 7.99. The topological polar surface area (TPSA) is 49.4 Å². The highest BCUT2D eigenvalue weighted by atomic mass is 32.2. The van der Waals surface area contributed by atoms with E-state index in [1.54, 1.807) is 19.2 Å². The number of nitrogens with one attached hydrogen (secondary N) is 1. The Morgan fingerprint density at radius 2 is 2.00 bits per heavy atom. The summed E-state index contributed by atoms with van der Waals surface area (Å²) in [6.45, 7) is 4.54. The molecule has 0 spiro atoms. The predicted octanol–water partition coefficient (Wildman–Crippen LogP) is 2.31. The molecule has 2 rings (SSSR count). The van der Waals surface area contributed by atoms with Gasteiger partial charge in [-0.15, -0.1) is 0 Å². The fourth-order valence-electron chi connectivity index (χ4n) is 2.18. The van der Waals surface area contributed by atoms with Gasteiger partial charge in [-0.3, -0.25) is 0 Å². The Morgan fingerprint density at radius 3 is 2.52 bits per heavy atom. The minimum atomic E-state index is -3.38. The lowest BCUT2D eigenvalue weighted by molar-refractivity contribution is 0.410. The van der Waals surface area contributed by atoms with Crippen LogP contribution in [0.5, 0.6) is 0 Å². The van der Waals surface area contributed by atoms with Gasteiger partial charge < -0.3 is 5.32 Å². The van der Waals surface area contributed by atoms with Crippen LogP contribution >= 0.6 is 11.8 Å². The standard InChI is InChI=1S/C15H24N2O2S2/c1-12(2)17(3)21(18,19)15-6-4-13(5-7-15)10-16-14-8-9-20-11-14/h4-7,12,14,16H,8-11H2,1-3H3. The van der Waals surface area contributed by atoms with Crippen LogP contribution in [0, 0.1) is 0 Å². The highest BCUT2D eigenvalue weighted by Gasteiger charge is 2.22. The van der Waals surface area contributed by atoms with Crippen molar-refractivity contribution >= 4 is 21.8 Å². The summed E-state index contributed by atoms with van der Waals surface area (Å²) in [4.78, 5) is 0.360. The van der Waals surface area contributed by atoms with Crippen molar-refractivity contribution in [1.29, 1.82) is 0 Å². The molecular weight excluding hydrogens is 304 g/mol. The molecule has 0 aliphatic carbocycles. The Labute approximate surface area is 132 Å². The summed E-state index contributed by atoms with van der Waals surface area (Å²) in [7, 11) is -1.76. The lowest BCUT2D eigenvalue weighted by atomic mass is 10.2. The van der Waals surface area contributed by atoms with E-state index in [-0.39, 0.29) is 6.04 Å². The maximum atomic E-state index is 12.4. The first-order valence-electron chi connectivity index (χ1n) is 7.29. The molecule has 1 heterocycles. The second-order valence-corrected chi connectivity index (χ2v) is 8.85. The van der Waals surface area contributed by atoms with Crippen molar-refractivity contribution in [2.45, 2.75) is 43.8 Å². The molecule has 0 bridgehead atoms. The second kappa shape index (κ2) is 7.13. The minimum Gasteiger partial charge on any atom is -0.309 e. The lowest BCUT2D eigenvalue weighted by Gasteiger charge is -2.21. The zero-order valence-corrected chi connectivity index (χ0v) is 14.5. The number of sulfonamides is 1. The summed E-state index contributed by atoms with van der Waals surface area (Å²) in [5, 5.41) is 3.52. The minimum absolute atomic E-state index is 0.0452. The van der Waals surface area contributed by atoms with Gasteiger partial charge in [-0.2, -0.15) is 16.1 Å². The summed E-state index contributed by atoms with van der Waals surface area (Å²) in [5.41, 5.74) is 1.12. The first-order valence-corrected chi connectivity index (χ1v) is 9.89. The van der Waals surface area contributed by atoms with Crippen LogP contribution in [-0.4, -0.2) is 43.4 Å². The van der Waals surface area contributed by atoms with Gasteiger partial charge in [-0.25, -0.2) is 8.42 Å². The van der Waals surface area contributed by atoms with E-state index >= 15 is 0 Å². The number of nitrogens with zero attached hydrogens (tertiary/aromatic N) is 1. The van der Waals surface area contributed by atoms with E-state index in [1.165, 1.54) is 22.2 Å². The fraction of sp³-hybridized carbons (Fsp3) is 0.600. The van der Waals surface area contributed by atoms with Gasteiger partial charge in [0, 0.05) is 31.4 Å². The molecule has 118 valence electrons. The van der Waals surface area contributed by atoms with Gasteiger partial charge in [-0.05, 0) is 43.7 Å². The van der Waals surface area contributed by atoms with Crippen molar-refractivity contribution in [2.75, 3.05) is 18.6 Å². The van der Waals surface area contributed by atoms with Crippen LogP contribution in [0.25, 0.3) is 0 Å². The molecule has 1 aromatic carbocycles. The number of rotatable bonds is 6. The Kier molecular flexibility index (Phi) is 5.71. The quantitative estimate of drug-likeness (QED) is 0.870. The third kappa shape index (κ3) is 4.22. The van der Waals surface area contributed by atoms with Crippen molar-refractivity contribution < 1.29 is 8.42 Å². The third-order valence-corrected chi connectivity index (χ3v) is 7.06. The molecule has 0 amide bonds. The van der Waals surface area contributed by atoms with Gasteiger partial charge in [0.05, 0.1) is 4.90 Å². The molecule has 1 saturated heterocycles. The zero-order valence-electron chi connectivity index (χ0n) is 12.9. The average molecular weight is 329 g/mol. The maximum Gasteiger partial charge on any atom is 0.243 e. The molecule has 1 atom stereocenters. The van der Waals surface area contributed by atoms with E-state index < -0.39 is 10.0 Å². The second-order valence-electron chi connectivity index (χ2n) is 5.70. The van der Waals surface area contributed by atoms with Crippen LogP contribution in [0.4, 0.5) is 0 Å². The smallest absolute Gasteiger partial charge is 0.243 e. The SMILES string of the molecule is CC(C)N(C)S(=O)(=O)c1ccc(CNC2CCSC2)cc1. The normalized spacial score (nSPS) is 19.6. The van der Waals surface area contributed by atoms with E-state index in [1.807, 2.05) is 37.7 Å². The van der Waals surface area contributed by atoms with Crippen molar-refractivity contribution in [1.82, 2.24) is 9.62 Å². The van der Waals surface area contributed by atoms with Crippen LogP contribution in [0.2, 0.25) is 0 Å². The van der Waals surface area contributed by atoms with Crippen molar-refractivity contribution in [3.63, 3.8) is 0 Å². The summed E-state index contributed by atoms with van der Waals surface area (Å²) >= 11 is 1.98. The van der Waals surface area contributed by atoms with E-state index in [9.17, 15) is 8.42 Å². The Hall–Kier alpha value is -0.560. The van der Waals surface area contributed by atoms with Crippen molar-refractivity contribution in [2.24, 2.45) is 0 Å². The number of hydrogen-bond acceptors (Lipinski definition) is 4. The zero-order chi connectivity index (χ0) is 15.5. The third-order valence-electron chi connectivity index (χ3n) is 3.85. The molecular formula is C15H24N2O2S2. The number of thioether (sulfide) groups is 1. The van der Waals surface area contributed by atoms with Crippen LogP contribution in [0.1, 0.15) is 25.8 Å². The molecule has 0 aromatic heterocycles. The van der Waals surface area contributed by atoms with Crippen molar-refractivity contribution in [3.8, 4) is 0 Å². The Bertz CT molecular complexity index is 550. The van der Waals surface area contributed by atoms with Crippen molar-refractivity contribution in [3.05, 3.63) is 29.8 Å². The van der Waals surface area contributed by atoms with Crippen LogP contribution < -0.4 is 5.32 Å². The molecule has 0 radical (unpaired) electrons. The molecule has 1 aliphatic heterocycles. The molecule has 1 fully saturated rings. The van der Waals surface area contributed by atoms with Crippen LogP contribution in [0.3, 0.4) is 0 Å². The summed E-state index contributed by atoms with van der Waals surface area (Å²) in [6.07, 6.45) is 1.22. The van der Waals surface area contributed by atoms with Gasteiger partial charge in [0.25, 0.3) is 0 Å². The molecule has 4 nitrogen and oxygen atoms in total. The average Bonchev–Trinajstić information content (AvgIpc) is 2.98. The first-order chi connectivity index (χ1) is 9.91. The van der Waals surface area contributed by atoms with E-state index in [0.29, 0.717) is 10.9 Å². The Morgan fingerprint density at radius 1 is 1.33 bits per heavy atom. The molecule has 1 aromatic rings. The van der Waals surface area contributed by atoms with E-state index in [4.69, 9.17) is 0 Å². The molecule has 1 aliphatic rings. The monoisotopic (exact) mass is 328 g/mol. The molecule has 0 saturated carbocycles. The molecule has 21 heavy (non-hydrogen) atoms. The summed E-state index contributed by atoms with van der Waals surface area (Å²) in [5.74, 6) is 2.40. The lowest BCUT2D eigenvalue weighted by Crippen LogP contribution is -2.33. The van der Waals surface area contributed by atoms with Crippen LogP contribution in [0.15, 0.2) is 29.2 Å². The van der Waals surface area contributed by atoms with E-state index in [2.05, 4.69) is 5.32 Å². The fourth-order valence-corrected chi connectivity index (χ4v) is 4.74. The molecule has 6 heteroatoms. The Balaban J connectivity index is 2.01. The van der Waals surface area contributed by atoms with Gasteiger partial charge in [0.1, 0.15) is 0 Å². The highest BCUT2D eigenvalue weighted by Crippen LogP contribution is 2.19. The first kappa shape index (κ1) is 16.8. The largest absolute Gasteiger partial charge is 0.309 e. The van der Waals surface area contributed by atoms with E-state index in [0.717, 1.165) is 12.1 Å². The van der Waals surface area contributed by atoms with Gasteiger partial charge >= 0.3 is 0 Å². The molecule has 1 N–H and O–H groups in total.